The van der Waals surface area contributed by atoms with Gasteiger partial charge in [0, 0.05) is 110 Å². The van der Waals surface area contributed by atoms with Gasteiger partial charge >= 0.3 is 5.97 Å². The third-order valence-electron chi connectivity index (χ3n) is 9.86. The minimum atomic E-state index is -1.37. The highest BCUT2D eigenvalue weighted by Crippen LogP contribution is 2.45. The lowest BCUT2D eigenvalue weighted by Crippen LogP contribution is -2.50. The summed E-state index contributed by atoms with van der Waals surface area (Å²) in [6, 6.07) is 20.2. The fraction of sp³-hybridized carbons (Fsp3) is 0.300. The van der Waals surface area contributed by atoms with E-state index in [1.54, 1.807) is 4.90 Å². The predicted molar refractivity (Wildman–Crippen MR) is 196 cm³/mol. The number of ketones is 2. The van der Waals surface area contributed by atoms with Crippen molar-refractivity contribution < 1.29 is 39.2 Å². The van der Waals surface area contributed by atoms with Crippen molar-refractivity contribution in [3.05, 3.63) is 106 Å². The van der Waals surface area contributed by atoms with Crippen LogP contribution in [-0.2, 0) is 24.1 Å². The minimum Gasteiger partial charge on any atom is -0.494 e. The van der Waals surface area contributed by atoms with Crippen molar-refractivity contribution in [2.45, 2.75) is 27.7 Å². The van der Waals surface area contributed by atoms with E-state index in [0.717, 1.165) is 77.0 Å². The Morgan fingerprint density at radius 3 is 1.77 bits per heavy atom. The number of piperazine rings is 1. The zero-order chi connectivity index (χ0) is 37.1. The number of hydrogen-bond acceptors (Lipinski definition) is 11. The fourth-order valence-electron chi connectivity index (χ4n) is 7.02. The zero-order valence-electron chi connectivity index (χ0n) is 29.7. The van der Waals surface area contributed by atoms with Crippen LogP contribution >= 0.6 is 0 Å². The van der Waals surface area contributed by atoms with Crippen LogP contribution in [0.3, 0.4) is 0 Å². The summed E-state index contributed by atoms with van der Waals surface area (Å²) in [5.74, 6) is -2.28. The summed E-state index contributed by atoms with van der Waals surface area (Å²) >= 11 is 0. The summed E-state index contributed by atoms with van der Waals surface area (Å²) in [6.45, 7) is 12.7. The Bertz CT molecular complexity index is 2060. The van der Waals surface area contributed by atoms with Gasteiger partial charge in [-0.15, -0.1) is 0 Å². The molecule has 1 aliphatic carbocycles. The molecule has 1 saturated heterocycles. The molecule has 1 amide bonds. The molecule has 1 fully saturated rings. The summed E-state index contributed by atoms with van der Waals surface area (Å²) < 4.78 is 6.65. The highest BCUT2D eigenvalue weighted by molar-refractivity contribution is 6.36. The lowest BCUT2D eigenvalue weighted by molar-refractivity contribution is -0.229. The molecule has 2 heterocycles. The summed E-state index contributed by atoms with van der Waals surface area (Å²) in [6.07, 6.45) is 1.49. The van der Waals surface area contributed by atoms with E-state index >= 15 is 0 Å². The van der Waals surface area contributed by atoms with Gasteiger partial charge < -0.3 is 29.4 Å². The number of carbonyl (C=O) groups is 4. The Morgan fingerprint density at radius 2 is 1.23 bits per heavy atom. The molecule has 0 atom stereocenters. The highest BCUT2D eigenvalue weighted by atomic mass is 17.1. The molecule has 0 bridgehead atoms. The summed E-state index contributed by atoms with van der Waals surface area (Å²) in [5.41, 5.74) is 3.80. The molecule has 270 valence electrons. The second-order valence-corrected chi connectivity index (χ2v) is 12.6. The Balaban J connectivity index is 1.38. The van der Waals surface area contributed by atoms with E-state index in [0.29, 0.717) is 11.3 Å². The molecule has 0 radical (unpaired) electrons. The monoisotopic (exact) mass is 706 g/mol. The summed E-state index contributed by atoms with van der Waals surface area (Å²) in [4.78, 5) is 61.2. The fourth-order valence-corrected chi connectivity index (χ4v) is 7.02. The van der Waals surface area contributed by atoms with Crippen molar-refractivity contribution in [1.82, 2.24) is 9.80 Å². The van der Waals surface area contributed by atoms with Gasteiger partial charge in [-0.1, -0.05) is 18.2 Å². The first-order valence-electron chi connectivity index (χ1n) is 17.5. The van der Waals surface area contributed by atoms with Gasteiger partial charge in [-0.3, -0.25) is 19.3 Å². The molecule has 3 aliphatic rings. The normalized spacial score (nSPS) is 15.9. The molecule has 0 unspecified atom stereocenters. The lowest BCUT2D eigenvalue weighted by atomic mass is 9.90. The van der Waals surface area contributed by atoms with Crippen LogP contribution in [0.5, 0.6) is 11.5 Å². The van der Waals surface area contributed by atoms with E-state index in [2.05, 4.69) is 78.8 Å². The largest absolute Gasteiger partial charge is 0.494 e. The van der Waals surface area contributed by atoms with Crippen LogP contribution in [0.4, 0.5) is 11.4 Å². The van der Waals surface area contributed by atoms with Crippen LogP contribution in [0, 0.1) is 0 Å². The van der Waals surface area contributed by atoms with Crippen LogP contribution in [-0.4, -0.2) is 96.0 Å². The number of allylic oxidation sites excluding steroid dienone is 2. The molecule has 2 N–H and O–H groups in total. The van der Waals surface area contributed by atoms with E-state index in [4.69, 9.17) is 9.99 Å². The molecular weight excluding hydrogens is 664 g/mol. The first-order valence-corrected chi connectivity index (χ1v) is 17.5. The average Bonchev–Trinajstić information content (AvgIpc) is 3.17. The van der Waals surface area contributed by atoms with Crippen LogP contribution in [0.25, 0.3) is 11.5 Å². The van der Waals surface area contributed by atoms with Gasteiger partial charge in [0.25, 0.3) is 5.91 Å². The van der Waals surface area contributed by atoms with Crippen LogP contribution in [0.1, 0.15) is 38.8 Å². The standard InChI is InChI=1S/C40H42N4O8/c1-5-41(6-2)25-13-15-29-35(21-25)51-36-22-26(42(7-3)8-4)14-16-30(36)37(29)27-11-9-10-12-28(27)38(47)43-17-19-44(20-18-43)39(48)31-23-34(46)32(24-33(31)45)40(49)52-50/h9-16,21-24,47,50H,5-8,17-20H2,1-4H3. The molecule has 0 aromatic heterocycles. The number of amides is 1. The van der Waals surface area contributed by atoms with Gasteiger partial charge in [-0.05, 0) is 63.2 Å². The van der Waals surface area contributed by atoms with Crippen LogP contribution < -0.4 is 25.0 Å². The van der Waals surface area contributed by atoms with Gasteiger partial charge in [-0.25, -0.2) is 4.79 Å². The molecule has 6 rings (SSSR count). The van der Waals surface area contributed by atoms with Gasteiger partial charge in [-0.2, -0.15) is 5.26 Å². The van der Waals surface area contributed by atoms with Gasteiger partial charge in [0.2, 0.25) is 0 Å². The molecule has 12 nitrogen and oxygen atoms in total. The lowest BCUT2D eigenvalue weighted by Gasteiger charge is -2.35. The summed E-state index contributed by atoms with van der Waals surface area (Å²) in [5, 5.41) is 21.9. The number of fused-ring (bicyclic) bond motifs is 2. The Morgan fingerprint density at radius 1 is 0.731 bits per heavy atom. The number of anilines is 2. The minimum absolute atomic E-state index is 0.0440. The van der Waals surface area contributed by atoms with Crippen molar-refractivity contribution in [3.8, 4) is 11.5 Å². The molecule has 2 aliphatic heterocycles. The van der Waals surface area contributed by atoms with Crippen molar-refractivity contribution in [2.75, 3.05) is 62.2 Å². The molecule has 12 heteroatoms. The number of aliphatic hydroxyl groups is 1. The molecule has 0 spiro atoms. The second-order valence-electron chi connectivity index (χ2n) is 12.6. The number of rotatable bonds is 9. The molecule has 3 aromatic rings. The quantitative estimate of drug-likeness (QED) is 0.114. The topological polar surface area (TPSA) is 140 Å². The third kappa shape index (κ3) is 6.64. The van der Waals surface area contributed by atoms with E-state index in [9.17, 15) is 24.3 Å². The second kappa shape index (κ2) is 15.2. The smallest absolute Gasteiger partial charge is 0.376 e. The SMILES string of the molecule is CCN(CC)c1ccc2c(c1)Oc1cc(N(CC)CC)ccc1C2=c1ccccc1=C(O)N1CCN(C(=O)C2=CC(=O)C(C(=O)OO)=CC2=O)CC1. The number of nitrogens with zero attached hydrogens (tertiary/aromatic N) is 4. The number of hydrogen-bond donors (Lipinski definition) is 2. The number of ether oxygens (including phenoxy) is 1. The van der Waals surface area contributed by atoms with Crippen molar-refractivity contribution in [1.29, 1.82) is 0 Å². The van der Waals surface area contributed by atoms with Crippen molar-refractivity contribution in [2.24, 2.45) is 0 Å². The predicted octanol–water partition coefficient (Wildman–Crippen LogP) is 3.52. The Hall–Kier alpha value is -5.88. The first-order chi connectivity index (χ1) is 25.1. The van der Waals surface area contributed by atoms with Crippen molar-refractivity contribution >= 4 is 46.3 Å². The molecule has 0 saturated carbocycles. The highest BCUT2D eigenvalue weighted by Gasteiger charge is 2.33. The number of carbonyl (C=O) groups excluding carboxylic acids is 4. The number of benzene rings is 3. The first kappa shape index (κ1) is 35.9. The maximum absolute atomic E-state index is 13.3. The van der Waals surface area contributed by atoms with Gasteiger partial charge in [0.05, 0.1) is 5.57 Å². The van der Waals surface area contributed by atoms with Crippen LogP contribution in [0.2, 0.25) is 0 Å². The molecule has 52 heavy (non-hydrogen) atoms. The van der Waals surface area contributed by atoms with E-state index < -0.39 is 29.0 Å². The van der Waals surface area contributed by atoms with E-state index in [1.165, 1.54) is 4.90 Å². The maximum Gasteiger partial charge on any atom is 0.376 e. The molecular formula is C40H42N4O8. The van der Waals surface area contributed by atoms with E-state index in [-0.39, 0.29) is 37.6 Å². The van der Waals surface area contributed by atoms with Crippen LogP contribution in [0.15, 0.2) is 84.0 Å². The third-order valence-corrected chi connectivity index (χ3v) is 9.86. The average molecular weight is 707 g/mol. The Kier molecular flexibility index (Phi) is 10.5. The van der Waals surface area contributed by atoms with Gasteiger partial charge in [0.15, 0.2) is 17.4 Å². The zero-order valence-corrected chi connectivity index (χ0v) is 29.7. The maximum atomic E-state index is 13.3. The van der Waals surface area contributed by atoms with Gasteiger partial charge in [0.1, 0.15) is 17.1 Å². The Labute approximate surface area is 301 Å². The van der Waals surface area contributed by atoms with Crippen molar-refractivity contribution in [3.63, 3.8) is 0 Å². The molecule has 3 aromatic carbocycles. The van der Waals surface area contributed by atoms with E-state index in [1.807, 2.05) is 24.3 Å². The number of aliphatic hydroxyl groups excluding tert-OH is 1. The summed E-state index contributed by atoms with van der Waals surface area (Å²) in [7, 11) is 0.